The summed E-state index contributed by atoms with van der Waals surface area (Å²) >= 11 is 0. The zero-order valence-electron chi connectivity index (χ0n) is 20.6. The van der Waals surface area contributed by atoms with Gasteiger partial charge in [0.1, 0.15) is 5.75 Å². The van der Waals surface area contributed by atoms with E-state index in [1.54, 1.807) is 18.1 Å². The molecule has 4 rings (SSSR count). The summed E-state index contributed by atoms with van der Waals surface area (Å²) < 4.78 is 0. The minimum absolute atomic E-state index is 0. The van der Waals surface area contributed by atoms with Crippen molar-refractivity contribution in [3.8, 4) is 5.75 Å². The van der Waals surface area contributed by atoms with Gasteiger partial charge in [-0.1, -0.05) is 62.2 Å². The van der Waals surface area contributed by atoms with Crippen LogP contribution in [0.2, 0.25) is 0 Å². The SMILES string of the molecule is CC[C](CCc1ccc(O)cc1)C1CCN(C(=O)C(O)(c2ccccc2)C2CCCC2)CC1.N. The van der Waals surface area contributed by atoms with Crippen molar-refractivity contribution in [2.45, 2.75) is 70.3 Å². The molecule has 0 spiro atoms. The van der Waals surface area contributed by atoms with E-state index in [-0.39, 0.29) is 18.0 Å². The summed E-state index contributed by atoms with van der Waals surface area (Å²) in [5.74, 6) is 2.33. The fourth-order valence-electron chi connectivity index (χ4n) is 5.94. The number of rotatable bonds is 8. The summed E-state index contributed by atoms with van der Waals surface area (Å²) in [6.07, 6.45) is 9.05. The zero-order chi connectivity index (χ0) is 23.3. The van der Waals surface area contributed by atoms with Crippen molar-refractivity contribution in [2.24, 2.45) is 11.8 Å². The highest BCUT2D eigenvalue weighted by Crippen LogP contribution is 2.43. The number of aromatic hydroxyl groups is 1. The van der Waals surface area contributed by atoms with Crippen LogP contribution in [0, 0.1) is 17.8 Å². The van der Waals surface area contributed by atoms with Crippen LogP contribution in [0.4, 0.5) is 0 Å². The average Bonchev–Trinajstić information content (AvgIpc) is 3.41. The molecule has 1 amide bonds. The van der Waals surface area contributed by atoms with Crippen LogP contribution in [0.3, 0.4) is 0 Å². The fraction of sp³-hybridized carbons (Fsp3) is 0.517. The number of likely N-dealkylation sites (tertiary alicyclic amines) is 1. The van der Waals surface area contributed by atoms with Crippen molar-refractivity contribution >= 4 is 5.91 Å². The van der Waals surface area contributed by atoms with Crippen LogP contribution >= 0.6 is 0 Å². The number of aliphatic hydroxyl groups is 1. The largest absolute Gasteiger partial charge is 0.508 e. The van der Waals surface area contributed by atoms with Crippen LogP contribution in [-0.2, 0) is 16.8 Å². The normalized spacial score (nSPS) is 19.1. The number of carbonyl (C=O) groups is 1. The number of aryl methyl sites for hydroxylation is 1. The Kier molecular flexibility index (Phi) is 9.15. The van der Waals surface area contributed by atoms with Crippen molar-refractivity contribution in [3.05, 3.63) is 71.6 Å². The maximum Gasteiger partial charge on any atom is 0.259 e. The first-order valence-corrected chi connectivity index (χ1v) is 12.7. The summed E-state index contributed by atoms with van der Waals surface area (Å²) in [5, 5.41) is 21.3. The molecule has 2 fully saturated rings. The minimum atomic E-state index is -1.40. The van der Waals surface area contributed by atoms with Gasteiger partial charge in [-0.3, -0.25) is 4.79 Å². The van der Waals surface area contributed by atoms with Gasteiger partial charge in [0, 0.05) is 19.0 Å². The molecule has 1 unspecified atom stereocenters. The van der Waals surface area contributed by atoms with Gasteiger partial charge >= 0.3 is 0 Å². The first kappa shape index (κ1) is 26.2. The van der Waals surface area contributed by atoms with Crippen molar-refractivity contribution in [2.75, 3.05) is 13.1 Å². The third kappa shape index (κ3) is 5.64. The molecule has 34 heavy (non-hydrogen) atoms. The van der Waals surface area contributed by atoms with Crippen molar-refractivity contribution in [1.29, 1.82) is 0 Å². The van der Waals surface area contributed by atoms with Gasteiger partial charge < -0.3 is 21.3 Å². The second-order valence-corrected chi connectivity index (χ2v) is 9.86. The lowest BCUT2D eigenvalue weighted by Gasteiger charge is -2.41. The van der Waals surface area contributed by atoms with Crippen molar-refractivity contribution < 1.29 is 15.0 Å². The molecule has 1 saturated heterocycles. The van der Waals surface area contributed by atoms with Crippen LogP contribution in [0.15, 0.2) is 54.6 Å². The Bertz CT molecular complexity index is 887. The van der Waals surface area contributed by atoms with E-state index < -0.39 is 5.60 Å². The third-order valence-corrected chi connectivity index (χ3v) is 7.97. The summed E-state index contributed by atoms with van der Waals surface area (Å²) in [4.78, 5) is 15.7. The summed E-state index contributed by atoms with van der Waals surface area (Å²) in [6, 6.07) is 17.1. The Labute approximate surface area is 204 Å². The topological polar surface area (TPSA) is 95.8 Å². The van der Waals surface area contributed by atoms with Crippen LogP contribution in [0.25, 0.3) is 0 Å². The number of benzene rings is 2. The Balaban J connectivity index is 0.00000324. The van der Waals surface area contributed by atoms with Gasteiger partial charge in [0.15, 0.2) is 5.60 Å². The molecular formula is C29H41N2O3. The average molecular weight is 466 g/mol. The predicted octanol–water partition coefficient (Wildman–Crippen LogP) is 5.79. The van der Waals surface area contributed by atoms with Gasteiger partial charge in [0.25, 0.3) is 5.91 Å². The molecule has 1 aliphatic carbocycles. The first-order chi connectivity index (χ1) is 16.0. The van der Waals surface area contributed by atoms with E-state index >= 15 is 0 Å². The monoisotopic (exact) mass is 465 g/mol. The van der Waals surface area contributed by atoms with Crippen LogP contribution in [-0.4, -0.2) is 34.1 Å². The predicted molar refractivity (Wildman–Crippen MR) is 137 cm³/mol. The second-order valence-electron chi connectivity index (χ2n) is 9.86. The smallest absolute Gasteiger partial charge is 0.259 e. The van der Waals surface area contributed by atoms with E-state index in [0.29, 0.717) is 24.8 Å². The fourth-order valence-corrected chi connectivity index (χ4v) is 5.94. The number of carbonyl (C=O) groups excluding carboxylic acids is 1. The number of phenolic OH excluding ortho intramolecular Hbond substituents is 1. The van der Waals surface area contributed by atoms with Crippen LogP contribution in [0.5, 0.6) is 5.75 Å². The summed E-state index contributed by atoms with van der Waals surface area (Å²) in [7, 11) is 0. The number of phenols is 1. The molecule has 1 aliphatic heterocycles. The van der Waals surface area contributed by atoms with Gasteiger partial charge in [0.05, 0.1) is 0 Å². The lowest BCUT2D eigenvalue weighted by Crippen LogP contribution is -2.53. The van der Waals surface area contributed by atoms with Gasteiger partial charge in [-0.2, -0.15) is 0 Å². The molecule has 185 valence electrons. The quantitative estimate of drug-likeness (QED) is 0.460. The summed E-state index contributed by atoms with van der Waals surface area (Å²) in [5.41, 5.74) is 0.593. The Hall–Kier alpha value is -2.37. The molecule has 2 aromatic carbocycles. The second kappa shape index (κ2) is 11.9. The minimum Gasteiger partial charge on any atom is -0.508 e. The van der Waals surface area contributed by atoms with Crippen molar-refractivity contribution in [3.63, 3.8) is 0 Å². The first-order valence-electron chi connectivity index (χ1n) is 12.7. The highest BCUT2D eigenvalue weighted by Gasteiger charge is 2.48. The molecule has 2 aliphatic rings. The van der Waals surface area contributed by atoms with Crippen LogP contribution in [0.1, 0.15) is 69.4 Å². The van der Waals surface area contributed by atoms with E-state index in [1.807, 2.05) is 47.4 Å². The van der Waals surface area contributed by atoms with Crippen LogP contribution < -0.4 is 6.15 Å². The van der Waals surface area contributed by atoms with Gasteiger partial charge in [-0.15, -0.1) is 0 Å². The molecular weight excluding hydrogens is 424 g/mol. The zero-order valence-corrected chi connectivity index (χ0v) is 20.6. The van der Waals surface area contributed by atoms with Gasteiger partial charge in [-0.05, 0) is 80.0 Å². The molecule has 1 radical (unpaired) electrons. The lowest BCUT2D eigenvalue weighted by atomic mass is 9.77. The number of hydrogen-bond donors (Lipinski definition) is 3. The van der Waals surface area contributed by atoms with E-state index in [9.17, 15) is 15.0 Å². The van der Waals surface area contributed by atoms with Crippen molar-refractivity contribution in [1.82, 2.24) is 11.1 Å². The molecule has 1 heterocycles. The maximum atomic E-state index is 13.7. The molecule has 1 atom stereocenters. The standard InChI is InChI=1S/C29H38NO3.H3N/c1-2-23(15-12-22-13-16-27(31)17-14-22)24-18-20-30(21-19-24)28(32)29(33,26-10-6-7-11-26)25-8-4-3-5-9-25;/h3-5,8-9,13-14,16-17,24,26,31,33H,2,6-7,10-12,15,18-21H2,1H3;1H3. The molecule has 5 nitrogen and oxygen atoms in total. The summed E-state index contributed by atoms with van der Waals surface area (Å²) in [6.45, 7) is 3.67. The lowest BCUT2D eigenvalue weighted by molar-refractivity contribution is -0.160. The van der Waals surface area contributed by atoms with E-state index in [1.165, 1.54) is 5.56 Å². The molecule has 5 heteroatoms. The molecule has 5 N–H and O–H groups in total. The molecule has 0 aromatic heterocycles. The Morgan fingerprint density at radius 2 is 1.59 bits per heavy atom. The number of hydrogen-bond acceptors (Lipinski definition) is 4. The van der Waals surface area contributed by atoms with E-state index in [4.69, 9.17) is 0 Å². The Morgan fingerprint density at radius 1 is 0.971 bits per heavy atom. The van der Waals surface area contributed by atoms with E-state index in [2.05, 4.69) is 6.92 Å². The maximum absolute atomic E-state index is 13.7. The highest BCUT2D eigenvalue weighted by molar-refractivity contribution is 5.87. The molecule has 0 bridgehead atoms. The number of piperidine rings is 1. The highest BCUT2D eigenvalue weighted by atomic mass is 16.3. The van der Waals surface area contributed by atoms with Gasteiger partial charge in [0.2, 0.25) is 0 Å². The molecule has 1 saturated carbocycles. The number of nitrogens with zero attached hydrogens (tertiary/aromatic N) is 1. The van der Waals surface area contributed by atoms with Gasteiger partial charge in [-0.25, -0.2) is 0 Å². The Morgan fingerprint density at radius 3 is 2.18 bits per heavy atom. The third-order valence-electron chi connectivity index (χ3n) is 7.97. The molecule has 2 aromatic rings. The van der Waals surface area contributed by atoms with E-state index in [0.717, 1.165) is 63.4 Å². The number of amides is 1.